The van der Waals surface area contributed by atoms with E-state index >= 15 is 0 Å². The normalized spacial score (nSPS) is 10.7. The topological polar surface area (TPSA) is 101 Å². The molecule has 108 valence electrons. The van der Waals surface area contributed by atoms with Gasteiger partial charge in [0.2, 0.25) is 0 Å². The zero-order valence-electron chi connectivity index (χ0n) is 10.5. The Morgan fingerprint density at radius 3 is 2.81 bits per heavy atom. The van der Waals surface area contributed by atoms with Gasteiger partial charge in [-0.2, -0.15) is 5.10 Å². The molecular formula is C13H10ClN3O3S. The van der Waals surface area contributed by atoms with Crippen LogP contribution in [-0.2, 0) is 0 Å². The van der Waals surface area contributed by atoms with Crippen LogP contribution < -0.4 is 11.2 Å². The van der Waals surface area contributed by atoms with Gasteiger partial charge < -0.3 is 15.3 Å². The predicted molar refractivity (Wildman–Crippen MR) is 83.6 cm³/mol. The van der Waals surface area contributed by atoms with E-state index in [0.717, 1.165) is 0 Å². The number of nitrogens with zero attached hydrogens (tertiary/aromatic N) is 1. The molecule has 0 aliphatic carbocycles. The second-order valence-corrected chi connectivity index (χ2v) is 4.78. The van der Waals surface area contributed by atoms with Crippen molar-refractivity contribution >= 4 is 41.1 Å². The lowest BCUT2D eigenvalue weighted by atomic mass is 10.1. The largest absolute Gasteiger partial charge is 0.478 e. The number of halogens is 1. The molecular weight excluding hydrogens is 314 g/mol. The molecule has 0 fully saturated rings. The molecule has 8 heteroatoms. The van der Waals surface area contributed by atoms with E-state index in [9.17, 15) is 4.79 Å². The van der Waals surface area contributed by atoms with Crippen molar-refractivity contribution in [3.8, 4) is 11.3 Å². The minimum atomic E-state index is -1.08. The first-order valence-corrected chi connectivity index (χ1v) is 6.47. The Bertz CT molecular complexity index is 727. The number of carboxylic acids is 1. The summed E-state index contributed by atoms with van der Waals surface area (Å²) < 4.78 is 5.53. The molecule has 0 saturated carbocycles. The Morgan fingerprint density at radius 2 is 2.19 bits per heavy atom. The van der Waals surface area contributed by atoms with E-state index in [1.165, 1.54) is 18.3 Å². The summed E-state index contributed by atoms with van der Waals surface area (Å²) in [6.07, 6.45) is 1.41. The number of rotatable bonds is 4. The maximum atomic E-state index is 10.9. The summed E-state index contributed by atoms with van der Waals surface area (Å²) in [7, 11) is 0. The van der Waals surface area contributed by atoms with E-state index in [2.05, 4.69) is 22.7 Å². The molecule has 0 atom stereocenters. The van der Waals surface area contributed by atoms with Gasteiger partial charge in [-0.3, -0.25) is 5.43 Å². The van der Waals surface area contributed by atoms with Gasteiger partial charge in [0.1, 0.15) is 11.5 Å². The third-order valence-corrected chi connectivity index (χ3v) is 2.88. The number of hydrogen-bond acceptors (Lipinski definition) is 4. The van der Waals surface area contributed by atoms with Gasteiger partial charge in [0.05, 0.1) is 16.8 Å². The lowest BCUT2D eigenvalue weighted by molar-refractivity contribution is 0.0697. The molecule has 1 aromatic carbocycles. The number of hydrazone groups is 1. The first kappa shape index (κ1) is 15.0. The standard InChI is InChI=1S/C13H10ClN3O3S/c14-10-5-7(1-3-9(10)12(18)19)11-4-2-8(20-11)6-16-17-13(15)21/h1-6H,(H,18,19)(H3,15,17,21)/b16-6+. The van der Waals surface area contributed by atoms with Gasteiger partial charge in [0, 0.05) is 5.56 Å². The fourth-order valence-electron chi connectivity index (χ4n) is 1.58. The maximum Gasteiger partial charge on any atom is 0.337 e. The lowest BCUT2D eigenvalue weighted by Gasteiger charge is -2.01. The summed E-state index contributed by atoms with van der Waals surface area (Å²) in [6.45, 7) is 0. The van der Waals surface area contributed by atoms with E-state index in [0.29, 0.717) is 17.1 Å². The number of benzene rings is 1. The number of aromatic carboxylic acids is 1. The number of thiocarbonyl (C=S) groups is 1. The van der Waals surface area contributed by atoms with Crippen molar-refractivity contribution in [3.63, 3.8) is 0 Å². The quantitative estimate of drug-likeness (QED) is 0.454. The monoisotopic (exact) mass is 323 g/mol. The van der Waals surface area contributed by atoms with Gasteiger partial charge in [0.15, 0.2) is 5.11 Å². The Kier molecular flexibility index (Phi) is 4.56. The highest BCUT2D eigenvalue weighted by atomic mass is 35.5. The summed E-state index contributed by atoms with van der Waals surface area (Å²) in [5.74, 6) is -0.0690. The number of carboxylic acid groups (broad SMARTS) is 1. The molecule has 2 aromatic rings. The fourth-order valence-corrected chi connectivity index (χ4v) is 1.89. The zero-order valence-corrected chi connectivity index (χ0v) is 12.1. The van der Waals surface area contributed by atoms with Crippen LogP contribution in [-0.4, -0.2) is 22.4 Å². The van der Waals surface area contributed by atoms with Crippen molar-refractivity contribution in [2.75, 3.05) is 0 Å². The van der Waals surface area contributed by atoms with Crippen molar-refractivity contribution < 1.29 is 14.3 Å². The molecule has 0 saturated heterocycles. The summed E-state index contributed by atoms with van der Waals surface area (Å²) >= 11 is 10.5. The maximum absolute atomic E-state index is 10.9. The van der Waals surface area contributed by atoms with Crippen LogP contribution in [0.1, 0.15) is 16.1 Å². The van der Waals surface area contributed by atoms with Gasteiger partial charge >= 0.3 is 5.97 Å². The molecule has 4 N–H and O–H groups in total. The zero-order chi connectivity index (χ0) is 15.4. The van der Waals surface area contributed by atoms with Gasteiger partial charge in [-0.25, -0.2) is 4.79 Å². The Morgan fingerprint density at radius 1 is 1.43 bits per heavy atom. The molecule has 0 radical (unpaired) electrons. The van der Waals surface area contributed by atoms with Crippen LogP contribution in [0.5, 0.6) is 0 Å². The molecule has 0 bridgehead atoms. The molecule has 21 heavy (non-hydrogen) atoms. The molecule has 1 aromatic heterocycles. The van der Waals surface area contributed by atoms with Crippen LogP contribution in [0.2, 0.25) is 5.02 Å². The summed E-state index contributed by atoms with van der Waals surface area (Å²) in [6, 6.07) is 7.97. The highest BCUT2D eigenvalue weighted by Crippen LogP contribution is 2.27. The highest BCUT2D eigenvalue weighted by molar-refractivity contribution is 7.80. The van der Waals surface area contributed by atoms with Crippen LogP contribution in [0.25, 0.3) is 11.3 Å². The molecule has 6 nitrogen and oxygen atoms in total. The summed E-state index contributed by atoms with van der Waals surface area (Å²) in [5.41, 5.74) is 8.32. The van der Waals surface area contributed by atoms with Crippen molar-refractivity contribution in [1.82, 2.24) is 5.43 Å². The van der Waals surface area contributed by atoms with Gasteiger partial charge in [-0.1, -0.05) is 17.7 Å². The smallest absolute Gasteiger partial charge is 0.337 e. The van der Waals surface area contributed by atoms with Crippen LogP contribution in [0.4, 0.5) is 0 Å². The number of hydrogen-bond donors (Lipinski definition) is 3. The SMILES string of the molecule is NC(=S)N/N=C/c1ccc(-c2ccc(C(=O)O)c(Cl)c2)o1. The highest BCUT2D eigenvalue weighted by Gasteiger charge is 2.11. The third-order valence-electron chi connectivity index (χ3n) is 2.48. The summed E-state index contributed by atoms with van der Waals surface area (Å²) in [5, 5.41) is 12.9. The van der Waals surface area contributed by atoms with Crippen molar-refractivity contribution in [2.24, 2.45) is 10.8 Å². The predicted octanol–water partition coefficient (Wildman–Crippen LogP) is 2.47. The fraction of sp³-hybridized carbons (Fsp3) is 0. The number of nitrogens with one attached hydrogen (secondary N) is 1. The number of furan rings is 1. The lowest BCUT2D eigenvalue weighted by Crippen LogP contribution is -2.23. The second-order valence-electron chi connectivity index (χ2n) is 3.94. The minimum absolute atomic E-state index is 0.0365. The van der Waals surface area contributed by atoms with Crippen LogP contribution in [0.15, 0.2) is 39.9 Å². The van der Waals surface area contributed by atoms with Crippen molar-refractivity contribution in [1.29, 1.82) is 0 Å². The molecule has 1 heterocycles. The van der Waals surface area contributed by atoms with Crippen molar-refractivity contribution in [3.05, 3.63) is 46.7 Å². The first-order chi connectivity index (χ1) is 9.97. The number of carbonyl (C=O) groups is 1. The molecule has 0 unspecified atom stereocenters. The van der Waals surface area contributed by atoms with E-state index < -0.39 is 5.97 Å². The second kappa shape index (κ2) is 6.38. The minimum Gasteiger partial charge on any atom is -0.478 e. The Hall–Kier alpha value is -2.38. The molecule has 0 aliphatic rings. The van der Waals surface area contributed by atoms with Crippen LogP contribution in [0, 0.1) is 0 Å². The van der Waals surface area contributed by atoms with E-state index in [4.69, 9.17) is 26.9 Å². The van der Waals surface area contributed by atoms with Gasteiger partial charge in [-0.15, -0.1) is 0 Å². The first-order valence-electron chi connectivity index (χ1n) is 5.69. The van der Waals surface area contributed by atoms with Gasteiger partial charge in [-0.05, 0) is 36.5 Å². The number of nitrogens with two attached hydrogens (primary N) is 1. The van der Waals surface area contributed by atoms with E-state index in [1.807, 2.05) is 0 Å². The van der Waals surface area contributed by atoms with Crippen LogP contribution >= 0.6 is 23.8 Å². The van der Waals surface area contributed by atoms with Crippen molar-refractivity contribution in [2.45, 2.75) is 0 Å². The molecule has 2 rings (SSSR count). The Labute approximate surface area is 130 Å². The van der Waals surface area contributed by atoms with E-state index in [1.54, 1.807) is 18.2 Å². The van der Waals surface area contributed by atoms with E-state index in [-0.39, 0.29) is 15.7 Å². The average Bonchev–Trinajstić information content (AvgIpc) is 2.86. The van der Waals surface area contributed by atoms with Gasteiger partial charge in [0.25, 0.3) is 0 Å². The molecule has 0 spiro atoms. The van der Waals surface area contributed by atoms with Crippen LogP contribution in [0.3, 0.4) is 0 Å². The third kappa shape index (κ3) is 3.80. The summed E-state index contributed by atoms with van der Waals surface area (Å²) in [4.78, 5) is 10.9. The Balaban J connectivity index is 2.21. The molecule has 0 amide bonds. The molecule has 0 aliphatic heterocycles. The average molecular weight is 324 g/mol.